The Morgan fingerprint density at radius 3 is 2.67 bits per heavy atom. The number of hydrogen-bond donors (Lipinski definition) is 2. The molecule has 0 radical (unpaired) electrons. The van der Waals surface area contributed by atoms with Gasteiger partial charge in [0.25, 0.3) is 0 Å². The number of rotatable bonds is 7. The van der Waals surface area contributed by atoms with E-state index in [9.17, 15) is 5.11 Å². The van der Waals surface area contributed by atoms with Gasteiger partial charge in [0.05, 0.1) is 12.7 Å². The molecule has 0 bridgehead atoms. The van der Waals surface area contributed by atoms with Crippen molar-refractivity contribution in [2.45, 2.75) is 51.7 Å². The molecule has 0 saturated heterocycles. The molecule has 1 saturated carbocycles. The van der Waals surface area contributed by atoms with E-state index in [2.05, 4.69) is 12.2 Å². The van der Waals surface area contributed by atoms with Crippen molar-refractivity contribution in [3.05, 3.63) is 0 Å². The van der Waals surface area contributed by atoms with Crippen LogP contribution in [-0.2, 0) is 4.74 Å². The van der Waals surface area contributed by atoms with Gasteiger partial charge < -0.3 is 15.2 Å². The maximum Gasteiger partial charge on any atom is 0.0897 e. The van der Waals surface area contributed by atoms with Crippen LogP contribution in [0.1, 0.15) is 39.5 Å². The van der Waals surface area contributed by atoms with Crippen LogP contribution < -0.4 is 5.32 Å². The van der Waals surface area contributed by atoms with Gasteiger partial charge in [-0.25, -0.2) is 0 Å². The van der Waals surface area contributed by atoms with Gasteiger partial charge in [-0.2, -0.15) is 0 Å². The lowest BCUT2D eigenvalue weighted by Gasteiger charge is -2.22. The van der Waals surface area contributed by atoms with Crippen LogP contribution in [0.25, 0.3) is 0 Å². The molecule has 0 aromatic rings. The van der Waals surface area contributed by atoms with E-state index in [-0.39, 0.29) is 6.10 Å². The Bertz CT molecular complexity index is 158. The molecule has 1 aliphatic rings. The molecule has 2 N–H and O–H groups in total. The Morgan fingerprint density at radius 1 is 1.40 bits per heavy atom. The van der Waals surface area contributed by atoms with E-state index in [4.69, 9.17) is 4.74 Å². The minimum Gasteiger partial charge on any atom is -0.389 e. The maximum absolute atomic E-state index is 9.58. The van der Waals surface area contributed by atoms with Gasteiger partial charge in [-0.1, -0.05) is 12.8 Å². The smallest absolute Gasteiger partial charge is 0.0897 e. The van der Waals surface area contributed by atoms with Gasteiger partial charge in [0.2, 0.25) is 0 Å². The van der Waals surface area contributed by atoms with Gasteiger partial charge in [0, 0.05) is 19.2 Å². The first-order valence-electron chi connectivity index (χ1n) is 6.23. The first kappa shape index (κ1) is 12.9. The van der Waals surface area contributed by atoms with Gasteiger partial charge >= 0.3 is 0 Å². The monoisotopic (exact) mass is 215 g/mol. The number of aliphatic hydroxyl groups excluding tert-OH is 1. The van der Waals surface area contributed by atoms with Crippen molar-refractivity contribution < 1.29 is 9.84 Å². The highest BCUT2D eigenvalue weighted by atomic mass is 16.5. The zero-order valence-corrected chi connectivity index (χ0v) is 10.0. The van der Waals surface area contributed by atoms with Crippen molar-refractivity contribution in [3.63, 3.8) is 0 Å². The fraction of sp³-hybridized carbons (Fsp3) is 1.00. The zero-order chi connectivity index (χ0) is 11.1. The highest BCUT2D eigenvalue weighted by Gasteiger charge is 2.21. The van der Waals surface area contributed by atoms with Crippen molar-refractivity contribution in [3.8, 4) is 0 Å². The molecule has 1 fully saturated rings. The largest absolute Gasteiger partial charge is 0.389 e. The lowest BCUT2D eigenvalue weighted by molar-refractivity contribution is 0.0406. The summed E-state index contributed by atoms with van der Waals surface area (Å²) >= 11 is 0. The third kappa shape index (κ3) is 4.96. The Kier molecular flexibility index (Phi) is 6.22. The minimum absolute atomic E-state index is 0.367. The molecule has 0 spiro atoms. The van der Waals surface area contributed by atoms with E-state index in [1.165, 1.54) is 25.7 Å². The second-order valence-corrected chi connectivity index (χ2v) is 4.55. The van der Waals surface area contributed by atoms with Crippen molar-refractivity contribution in [1.82, 2.24) is 5.32 Å². The Hall–Kier alpha value is -0.120. The normalized spacial score (nSPS) is 21.8. The highest BCUT2D eigenvalue weighted by molar-refractivity contribution is 4.78. The van der Waals surface area contributed by atoms with Crippen LogP contribution >= 0.6 is 0 Å². The van der Waals surface area contributed by atoms with E-state index in [0.29, 0.717) is 25.8 Å². The van der Waals surface area contributed by atoms with E-state index < -0.39 is 0 Å². The second kappa shape index (κ2) is 7.20. The molecule has 3 nitrogen and oxygen atoms in total. The summed E-state index contributed by atoms with van der Waals surface area (Å²) in [7, 11) is 0. The van der Waals surface area contributed by atoms with Crippen LogP contribution in [0.5, 0.6) is 0 Å². The van der Waals surface area contributed by atoms with Crippen LogP contribution in [-0.4, -0.2) is 37.0 Å². The molecule has 0 heterocycles. The average Bonchev–Trinajstić information content (AvgIpc) is 2.76. The van der Waals surface area contributed by atoms with E-state index >= 15 is 0 Å². The van der Waals surface area contributed by atoms with E-state index in [0.717, 1.165) is 5.92 Å². The second-order valence-electron chi connectivity index (χ2n) is 4.55. The molecule has 0 aromatic heterocycles. The molecule has 1 aliphatic carbocycles. The summed E-state index contributed by atoms with van der Waals surface area (Å²) in [6.45, 7) is 5.94. The number of nitrogens with one attached hydrogen (secondary N) is 1. The van der Waals surface area contributed by atoms with E-state index in [1.54, 1.807) is 0 Å². The summed E-state index contributed by atoms with van der Waals surface area (Å²) < 4.78 is 5.16. The summed E-state index contributed by atoms with van der Waals surface area (Å²) in [6.07, 6.45) is 5.07. The standard InChI is InChI=1S/C12H25NO2/c1-3-15-9-12(14)8-13-10(2)11-6-4-5-7-11/h10-14H,3-9H2,1-2H3. The van der Waals surface area contributed by atoms with Crippen LogP contribution in [0.3, 0.4) is 0 Å². The van der Waals surface area contributed by atoms with Crippen molar-refractivity contribution in [2.75, 3.05) is 19.8 Å². The van der Waals surface area contributed by atoms with Crippen molar-refractivity contribution in [1.29, 1.82) is 0 Å². The van der Waals surface area contributed by atoms with Gasteiger partial charge in [0.15, 0.2) is 0 Å². The summed E-state index contributed by atoms with van der Waals surface area (Å²) in [5, 5.41) is 13.0. The van der Waals surface area contributed by atoms with Crippen LogP contribution in [0.2, 0.25) is 0 Å². The Balaban J connectivity index is 2.07. The summed E-state index contributed by atoms with van der Waals surface area (Å²) in [5.41, 5.74) is 0. The van der Waals surface area contributed by atoms with Gasteiger partial charge in [-0.3, -0.25) is 0 Å². The minimum atomic E-state index is -0.367. The average molecular weight is 215 g/mol. The molecule has 15 heavy (non-hydrogen) atoms. The molecular formula is C12H25NO2. The SMILES string of the molecule is CCOCC(O)CNC(C)C1CCCC1. The number of aliphatic hydroxyl groups is 1. The van der Waals surface area contributed by atoms with Gasteiger partial charge in [0.1, 0.15) is 0 Å². The summed E-state index contributed by atoms with van der Waals surface area (Å²) in [4.78, 5) is 0. The van der Waals surface area contributed by atoms with E-state index in [1.807, 2.05) is 6.92 Å². The first-order valence-corrected chi connectivity index (χ1v) is 6.23. The van der Waals surface area contributed by atoms with Crippen molar-refractivity contribution >= 4 is 0 Å². The Morgan fingerprint density at radius 2 is 2.07 bits per heavy atom. The molecule has 1 rings (SSSR count). The van der Waals surface area contributed by atoms with Crippen LogP contribution in [0.15, 0.2) is 0 Å². The van der Waals surface area contributed by atoms with Gasteiger partial charge in [-0.05, 0) is 32.6 Å². The van der Waals surface area contributed by atoms with Gasteiger partial charge in [-0.15, -0.1) is 0 Å². The third-order valence-electron chi connectivity index (χ3n) is 3.30. The lowest BCUT2D eigenvalue weighted by atomic mass is 10.00. The predicted octanol–water partition coefficient (Wildman–Crippen LogP) is 1.55. The maximum atomic E-state index is 9.58. The molecule has 3 heteroatoms. The summed E-state index contributed by atoms with van der Waals surface area (Å²) in [5.74, 6) is 0.810. The van der Waals surface area contributed by atoms with Crippen LogP contribution in [0.4, 0.5) is 0 Å². The molecule has 0 aliphatic heterocycles. The zero-order valence-electron chi connectivity index (χ0n) is 10.0. The summed E-state index contributed by atoms with van der Waals surface area (Å²) in [6, 6.07) is 0.531. The molecule has 0 aromatic carbocycles. The third-order valence-corrected chi connectivity index (χ3v) is 3.30. The lowest BCUT2D eigenvalue weighted by Crippen LogP contribution is -2.39. The fourth-order valence-electron chi connectivity index (χ4n) is 2.26. The molecule has 90 valence electrons. The number of hydrogen-bond acceptors (Lipinski definition) is 3. The molecule has 0 amide bonds. The topological polar surface area (TPSA) is 41.5 Å². The highest BCUT2D eigenvalue weighted by Crippen LogP contribution is 2.27. The molecule has 2 unspecified atom stereocenters. The fourth-order valence-corrected chi connectivity index (χ4v) is 2.26. The first-order chi connectivity index (χ1) is 7.24. The predicted molar refractivity (Wildman–Crippen MR) is 61.9 cm³/mol. The quantitative estimate of drug-likeness (QED) is 0.677. The molecule has 2 atom stereocenters. The van der Waals surface area contributed by atoms with Crippen LogP contribution in [0, 0.1) is 5.92 Å². The number of ether oxygens (including phenoxy) is 1. The Labute approximate surface area is 93.2 Å². The molecular weight excluding hydrogens is 190 g/mol. The van der Waals surface area contributed by atoms with Crippen molar-refractivity contribution in [2.24, 2.45) is 5.92 Å².